The Balaban J connectivity index is 1.92. The Kier molecular flexibility index (Phi) is 5.95. The van der Waals surface area contributed by atoms with E-state index in [1.54, 1.807) is 31.3 Å². The highest BCUT2D eigenvalue weighted by Gasteiger charge is 2.44. The summed E-state index contributed by atoms with van der Waals surface area (Å²) in [7, 11) is -3.81. The van der Waals surface area contributed by atoms with Gasteiger partial charge in [-0.25, -0.2) is 23.5 Å². The maximum atomic E-state index is 12.8. The van der Waals surface area contributed by atoms with Crippen LogP contribution in [-0.4, -0.2) is 31.0 Å². The maximum absolute atomic E-state index is 12.8. The van der Waals surface area contributed by atoms with E-state index in [4.69, 9.17) is 9.88 Å². The molecule has 3 N–H and O–H groups in total. The van der Waals surface area contributed by atoms with E-state index < -0.39 is 15.4 Å². The first-order chi connectivity index (χ1) is 13.3. The number of benzene rings is 1. The van der Waals surface area contributed by atoms with E-state index in [-0.39, 0.29) is 16.8 Å². The summed E-state index contributed by atoms with van der Waals surface area (Å²) in [6.07, 6.45) is 5.90. The number of nitrogens with zero attached hydrogens (tertiary/aromatic N) is 2. The second-order valence-corrected chi connectivity index (χ2v) is 8.39. The fourth-order valence-corrected chi connectivity index (χ4v) is 4.11. The first kappa shape index (κ1) is 20.2. The molecule has 3 rings (SSSR count). The number of carbonyl (C=O) groups is 1. The average Bonchev–Trinajstić information content (AvgIpc) is 2.68. The number of nitrogens with two attached hydrogens (primary N) is 1. The van der Waals surface area contributed by atoms with Crippen LogP contribution in [0.1, 0.15) is 44.7 Å². The molecule has 1 aromatic carbocycles. The molecule has 1 aromatic heterocycles. The normalized spacial score (nSPS) is 16.4. The number of hydrogen-bond acceptors (Lipinski definition) is 7. The predicted octanol–water partition coefficient (Wildman–Crippen LogP) is 2.63. The Labute approximate surface area is 164 Å². The van der Waals surface area contributed by atoms with Gasteiger partial charge in [0.05, 0.1) is 17.2 Å². The van der Waals surface area contributed by atoms with E-state index in [1.807, 2.05) is 0 Å². The van der Waals surface area contributed by atoms with Crippen molar-refractivity contribution in [2.45, 2.75) is 49.3 Å². The fraction of sp³-hybridized carbons (Fsp3) is 0.421. The standard InChI is InChI=1S/C19H24N4O4S/c1-2-27-17(24)19(10-4-3-5-11-19)16-9-12-21-18(23-16)22-14-7-6-8-15(13-14)28(20,25)26/h6-9,12-13H,2-5,10-11H2,1H3,(H2,20,25,26)(H,21,22,23). The van der Waals surface area contributed by atoms with Crippen LogP contribution in [-0.2, 0) is 25.0 Å². The molecule has 0 aliphatic heterocycles. The summed E-state index contributed by atoms with van der Waals surface area (Å²) in [5.41, 5.74) is 0.332. The van der Waals surface area contributed by atoms with Crippen LogP contribution in [0.25, 0.3) is 0 Å². The van der Waals surface area contributed by atoms with Crippen molar-refractivity contribution in [1.29, 1.82) is 0 Å². The van der Waals surface area contributed by atoms with Crippen LogP contribution in [0, 0.1) is 0 Å². The lowest BCUT2D eigenvalue weighted by molar-refractivity contribution is -0.151. The molecule has 8 nitrogen and oxygen atoms in total. The number of aromatic nitrogens is 2. The summed E-state index contributed by atoms with van der Waals surface area (Å²) in [5.74, 6) is 0.0221. The van der Waals surface area contributed by atoms with Gasteiger partial charge in [0.1, 0.15) is 5.41 Å². The predicted molar refractivity (Wildman–Crippen MR) is 105 cm³/mol. The molecule has 2 aromatic rings. The van der Waals surface area contributed by atoms with Crippen molar-refractivity contribution in [3.05, 3.63) is 42.2 Å². The Morgan fingerprint density at radius 2 is 2.00 bits per heavy atom. The first-order valence-corrected chi connectivity index (χ1v) is 10.8. The molecule has 150 valence electrons. The second-order valence-electron chi connectivity index (χ2n) is 6.83. The monoisotopic (exact) mass is 404 g/mol. The number of anilines is 2. The van der Waals surface area contributed by atoms with Crippen LogP contribution in [0.3, 0.4) is 0 Å². The summed E-state index contributed by atoms with van der Waals surface area (Å²) < 4.78 is 28.4. The van der Waals surface area contributed by atoms with Crippen LogP contribution >= 0.6 is 0 Å². The van der Waals surface area contributed by atoms with Crippen molar-refractivity contribution in [2.24, 2.45) is 5.14 Å². The molecule has 28 heavy (non-hydrogen) atoms. The Hall–Kier alpha value is -2.52. The zero-order chi connectivity index (χ0) is 20.2. The Morgan fingerprint density at radius 3 is 2.68 bits per heavy atom. The summed E-state index contributed by atoms with van der Waals surface area (Å²) >= 11 is 0. The molecule has 0 spiro atoms. The number of sulfonamides is 1. The average molecular weight is 404 g/mol. The van der Waals surface area contributed by atoms with Crippen molar-refractivity contribution in [1.82, 2.24) is 9.97 Å². The lowest BCUT2D eigenvalue weighted by Crippen LogP contribution is -2.40. The van der Waals surface area contributed by atoms with Crippen LogP contribution in [0.15, 0.2) is 41.4 Å². The molecular formula is C19H24N4O4S. The highest BCUT2D eigenvalue weighted by Crippen LogP contribution is 2.40. The van der Waals surface area contributed by atoms with Gasteiger partial charge in [-0.3, -0.25) is 4.79 Å². The van der Waals surface area contributed by atoms with E-state index in [0.29, 0.717) is 30.8 Å². The third-order valence-corrected chi connectivity index (χ3v) is 5.85. The first-order valence-electron chi connectivity index (χ1n) is 9.26. The molecule has 1 fully saturated rings. The van der Waals surface area contributed by atoms with E-state index in [2.05, 4.69) is 15.3 Å². The maximum Gasteiger partial charge on any atom is 0.318 e. The smallest absolute Gasteiger partial charge is 0.318 e. The van der Waals surface area contributed by atoms with Crippen molar-refractivity contribution >= 4 is 27.6 Å². The third-order valence-electron chi connectivity index (χ3n) is 4.94. The number of primary sulfonamides is 1. The molecule has 1 aliphatic carbocycles. The SMILES string of the molecule is CCOC(=O)C1(c2ccnc(Nc3cccc(S(N)(=O)=O)c3)n2)CCCCC1. The molecule has 1 saturated carbocycles. The van der Waals surface area contributed by atoms with Crippen molar-refractivity contribution in [2.75, 3.05) is 11.9 Å². The molecule has 0 atom stereocenters. The van der Waals surface area contributed by atoms with Gasteiger partial charge in [0.25, 0.3) is 0 Å². The van der Waals surface area contributed by atoms with Gasteiger partial charge in [0, 0.05) is 11.9 Å². The Bertz CT molecular complexity index is 956. The zero-order valence-electron chi connectivity index (χ0n) is 15.7. The number of esters is 1. The molecule has 1 heterocycles. The third kappa shape index (κ3) is 4.31. The molecule has 0 saturated heterocycles. The van der Waals surface area contributed by atoms with Gasteiger partial charge in [-0.15, -0.1) is 0 Å². The highest BCUT2D eigenvalue weighted by molar-refractivity contribution is 7.89. The van der Waals surface area contributed by atoms with E-state index >= 15 is 0 Å². The Morgan fingerprint density at radius 1 is 1.25 bits per heavy atom. The summed E-state index contributed by atoms with van der Waals surface area (Å²) in [6, 6.07) is 7.83. The molecular weight excluding hydrogens is 380 g/mol. The van der Waals surface area contributed by atoms with Gasteiger partial charge >= 0.3 is 5.97 Å². The van der Waals surface area contributed by atoms with Gasteiger partial charge in [-0.05, 0) is 44.0 Å². The van der Waals surface area contributed by atoms with Crippen LogP contribution in [0.2, 0.25) is 0 Å². The minimum Gasteiger partial charge on any atom is -0.465 e. The topological polar surface area (TPSA) is 124 Å². The lowest BCUT2D eigenvalue weighted by Gasteiger charge is -2.34. The number of hydrogen-bond donors (Lipinski definition) is 2. The summed E-state index contributed by atoms with van der Waals surface area (Å²) in [4.78, 5) is 21.5. The largest absolute Gasteiger partial charge is 0.465 e. The van der Waals surface area contributed by atoms with Crippen LogP contribution in [0.5, 0.6) is 0 Å². The van der Waals surface area contributed by atoms with Gasteiger partial charge in [0.2, 0.25) is 16.0 Å². The van der Waals surface area contributed by atoms with Crippen molar-refractivity contribution in [3.8, 4) is 0 Å². The molecule has 0 unspecified atom stereocenters. The zero-order valence-corrected chi connectivity index (χ0v) is 16.5. The second kappa shape index (κ2) is 8.24. The molecule has 1 aliphatic rings. The van der Waals surface area contributed by atoms with Crippen LogP contribution < -0.4 is 10.5 Å². The minimum atomic E-state index is -3.81. The minimum absolute atomic E-state index is 0.0103. The van der Waals surface area contributed by atoms with Gasteiger partial charge in [0.15, 0.2) is 0 Å². The van der Waals surface area contributed by atoms with Gasteiger partial charge in [-0.2, -0.15) is 0 Å². The quantitative estimate of drug-likeness (QED) is 0.709. The van der Waals surface area contributed by atoms with E-state index in [0.717, 1.165) is 19.3 Å². The summed E-state index contributed by atoms with van der Waals surface area (Å²) in [6.45, 7) is 2.11. The van der Waals surface area contributed by atoms with Gasteiger partial charge < -0.3 is 10.1 Å². The molecule has 0 amide bonds. The number of rotatable bonds is 6. The fourth-order valence-electron chi connectivity index (χ4n) is 3.55. The van der Waals surface area contributed by atoms with Crippen LogP contribution in [0.4, 0.5) is 11.6 Å². The van der Waals surface area contributed by atoms with Crippen molar-refractivity contribution < 1.29 is 17.9 Å². The van der Waals surface area contributed by atoms with E-state index in [1.165, 1.54) is 12.1 Å². The summed E-state index contributed by atoms with van der Waals surface area (Å²) in [5, 5.41) is 8.17. The lowest BCUT2D eigenvalue weighted by atomic mass is 9.71. The molecule has 0 radical (unpaired) electrons. The van der Waals surface area contributed by atoms with Gasteiger partial charge in [-0.1, -0.05) is 25.3 Å². The number of carbonyl (C=O) groups excluding carboxylic acids is 1. The number of ether oxygens (including phenoxy) is 1. The number of nitrogens with one attached hydrogen (secondary N) is 1. The van der Waals surface area contributed by atoms with Crippen molar-refractivity contribution in [3.63, 3.8) is 0 Å². The molecule has 0 bridgehead atoms. The van der Waals surface area contributed by atoms with E-state index in [9.17, 15) is 13.2 Å². The highest BCUT2D eigenvalue weighted by atomic mass is 32.2. The molecule has 9 heteroatoms.